The quantitative estimate of drug-likeness (QED) is 0.245. The Hall–Kier alpha value is -3.74. The van der Waals surface area contributed by atoms with Crippen LogP contribution in [0.2, 0.25) is 0 Å². The number of para-hydroxylation sites is 1. The number of pyridine rings is 1. The van der Waals surface area contributed by atoms with Gasteiger partial charge >= 0.3 is 12.1 Å². The van der Waals surface area contributed by atoms with E-state index in [1.165, 1.54) is 35.4 Å². The van der Waals surface area contributed by atoms with E-state index in [9.17, 15) is 18.8 Å². The first-order chi connectivity index (χ1) is 15.9. The molecule has 5 amide bonds. The zero-order valence-electron chi connectivity index (χ0n) is 17.0. The second-order valence-corrected chi connectivity index (χ2v) is 7.85. The largest absolute Gasteiger partial charge is 0.454 e. The SMILES string of the molecule is O=C(I)Nc1cc(Oc2ccc(NC(=O)N3CCN(c4ccccc4)C3=O)cc2F)ccn1. The van der Waals surface area contributed by atoms with Crippen molar-refractivity contribution in [2.45, 2.75) is 0 Å². The van der Waals surface area contributed by atoms with E-state index in [0.717, 1.165) is 11.0 Å². The summed E-state index contributed by atoms with van der Waals surface area (Å²) in [5.74, 6) is -0.276. The molecule has 0 unspecified atom stereocenters. The molecule has 0 radical (unpaired) electrons. The molecule has 1 fully saturated rings. The second kappa shape index (κ2) is 9.81. The third-order valence-electron chi connectivity index (χ3n) is 4.69. The molecule has 3 aromatic rings. The minimum atomic E-state index is -0.720. The molecular weight excluding hydrogens is 544 g/mol. The Labute approximate surface area is 201 Å². The third kappa shape index (κ3) is 5.37. The Bertz CT molecular complexity index is 1210. The Morgan fingerprint density at radius 1 is 1.03 bits per heavy atom. The molecule has 0 aliphatic carbocycles. The molecule has 33 heavy (non-hydrogen) atoms. The topological polar surface area (TPSA) is 104 Å². The second-order valence-electron chi connectivity index (χ2n) is 6.87. The standard InChI is InChI=1S/C22H17FIN5O4/c23-17-12-14(6-7-18(17)33-16-8-9-25-19(13-16)27-20(24)30)26-21(31)29-11-10-28(22(29)32)15-4-2-1-3-5-15/h1-9,12-13H,10-11H2,(H,26,31)(H,25,27,30). The molecule has 0 saturated carbocycles. The number of rotatable bonds is 5. The summed E-state index contributed by atoms with van der Waals surface area (Å²) in [7, 11) is 0. The molecule has 4 rings (SSSR count). The number of anilines is 3. The monoisotopic (exact) mass is 561 g/mol. The molecule has 1 aliphatic rings. The van der Waals surface area contributed by atoms with E-state index in [4.69, 9.17) is 4.74 Å². The fourth-order valence-electron chi connectivity index (χ4n) is 3.20. The summed E-state index contributed by atoms with van der Waals surface area (Å²) in [6.45, 7) is 0.574. The van der Waals surface area contributed by atoms with Gasteiger partial charge in [0.05, 0.1) is 6.54 Å². The average Bonchev–Trinajstić information content (AvgIpc) is 3.17. The van der Waals surface area contributed by atoms with Crippen LogP contribution in [0.15, 0.2) is 66.9 Å². The number of halogens is 2. The molecule has 1 aliphatic heterocycles. The summed E-state index contributed by atoms with van der Waals surface area (Å²) in [5, 5.41) is 5.03. The molecule has 0 spiro atoms. The van der Waals surface area contributed by atoms with Crippen LogP contribution in [-0.2, 0) is 0 Å². The molecule has 11 heteroatoms. The van der Waals surface area contributed by atoms with Gasteiger partial charge in [-0.05, 0) is 30.3 Å². The Balaban J connectivity index is 1.41. The van der Waals surface area contributed by atoms with Crippen LogP contribution in [0.4, 0.5) is 36.0 Å². The normalized spacial score (nSPS) is 13.1. The number of urea groups is 2. The minimum Gasteiger partial charge on any atom is -0.454 e. The van der Waals surface area contributed by atoms with Crippen LogP contribution in [0, 0.1) is 5.82 Å². The highest BCUT2D eigenvalue weighted by atomic mass is 127. The van der Waals surface area contributed by atoms with Crippen LogP contribution >= 0.6 is 22.6 Å². The summed E-state index contributed by atoms with van der Waals surface area (Å²) in [4.78, 5) is 42.9. The van der Waals surface area contributed by atoms with Gasteiger partial charge in [-0.1, -0.05) is 18.2 Å². The van der Waals surface area contributed by atoms with Gasteiger partial charge in [0.15, 0.2) is 11.6 Å². The highest BCUT2D eigenvalue weighted by Crippen LogP contribution is 2.28. The maximum atomic E-state index is 14.6. The number of benzene rings is 2. The van der Waals surface area contributed by atoms with Crippen molar-refractivity contribution in [2.75, 3.05) is 28.6 Å². The zero-order valence-corrected chi connectivity index (χ0v) is 19.2. The predicted octanol–water partition coefficient (Wildman–Crippen LogP) is 5.45. The Kier molecular flexibility index (Phi) is 6.68. The van der Waals surface area contributed by atoms with E-state index in [1.54, 1.807) is 34.7 Å². The average molecular weight is 561 g/mol. The van der Waals surface area contributed by atoms with E-state index in [2.05, 4.69) is 15.6 Å². The van der Waals surface area contributed by atoms with Crippen LogP contribution in [0.25, 0.3) is 0 Å². The molecule has 168 valence electrons. The van der Waals surface area contributed by atoms with Crippen LogP contribution in [0.5, 0.6) is 11.5 Å². The van der Waals surface area contributed by atoms with Gasteiger partial charge in [0.1, 0.15) is 11.6 Å². The smallest absolute Gasteiger partial charge is 0.332 e. The fourth-order valence-corrected chi connectivity index (χ4v) is 3.47. The van der Waals surface area contributed by atoms with E-state index in [-0.39, 0.29) is 33.5 Å². The minimum absolute atomic E-state index is 0.0848. The van der Waals surface area contributed by atoms with Crippen molar-refractivity contribution in [2.24, 2.45) is 0 Å². The van der Waals surface area contributed by atoms with Crippen molar-refractivity contribution in [3.8, 4) is 11.5 Å². The summed E-state index contributed by atoms with van der Waals surface area (Å²) in [5.41, 5.74) is 0.867. The molecule has 0 atom stereocenters. The summed E-state index contributed by atoms with van der Waals surface area (Å²) < 4.78 is 19.8. The number of ether oxygens (including phenoxy) is 1. The van der Waals surface area contributed by atoms with Crippen molar-refractivity contribution in [3.63, 3.8) is 0 Å². The summed E-state index contributed by atoms with van der Waals surface area (Å²) in [6.07, 6.45) is 1.41. The van der Waals surface area contributed by atoms with Crippen LogP contribution in [0.3, 0.4) is 0 Å². The van der Waals surface area contributed by atoms with Crippen molar-refractivity contribution in [1.82, 2.24) is 9.88 Å². The lowest BCUT2D eigenvalue weighted by molar-refractivity contribution is 0.209. The van der Waals surface area contributed by atoms with E-state index < -0.39 is 17.9 Å². The maximum Gasteiger partial charge on any atom is 0.332 e. The summed E-state index contributed by atoms with van der Waals surface area (Å²) >= 11 is 1.57. The van der Waals surface area contributed by atoms with Gasteiger partial charge in [0.25, 0.3) is 3.91 Å². The number of aromatic nitrogens is 1. The van der Waals surface area contributed by atoms with Crippen molar-refractivity contribution in [3.05, 3.63) is 72.7 Å². The van der Waals surface area contributed by atoms with E-state index in [0.29, 0.717) is 12.2 Å². The van der Waals surface area contributed by atoms with Gasteiger partial charge in [-0.25, -0.2) is 23.9 Å². The molecular formula is C22H17FIN5O4. The molecule has 2 N–H and O–H groups in total. The van der Waals surface area contributed by atoms with Crippen molar-refractivity contribution in [1.29, 1.82) is 0 Å². The molecule has 9 nitrogen and oxygen atoms in total. The number of carbonyl (C=O) groups is 3. The highest BCUT2D eigenvalue weighted by Gasteiger charge is 2.34. The molecule has 0 bridgehead atoms. The predicted molar refractivity (Wildman–Crippen MR) is 129 cm³/mol. The highest BCUT2D eigenvalue weighted by molar-refractivity contribution is 14.1. The number of hydrogen-bond donors (Lipinski definition) is 2. The summed E-state index contributed by atoms with van der Waals surface area (Å²) in [6, 6.07) is 14.8. The number of amides is 5. The lowest BCUT2D eigenvalue weighted by atomic mass is 10.3. The lowest BCUT2D eigenvalue weighted by Crippen LogP contribution is -2.39. The van der Waals surface area contributed by atoms with Gasteiger partial charge in [0.2, 0.25) is 0 Å². The Morgan fingerprint density at radius 3 is 2.55 bits per heavy atom. The van der Waals surface area contributed by atoms with Gasteiger partial charge in [-0.2, -0.15) is 0 Å². The number of nitrogens with one attached hydrogen (secondary N) is 2. The number of hydrogen-bond acceptors (Lipinski definition) is 5. The van der Waals surface area contributed by atoms with Gasteiger partial charge < -0.3 is 15.4 Å². The first-order valence-corrected chi connectivity index (χ1v) is 10.8. The van der Waals surface area contributed by atoms with E-state index in [1.807, 2.05) is 18.2 Å². The van der Waals surface area contributed by atoms with Crippen LogP contribution in [0.1, 0.15) is 0 Å². The van der Waals surface area contributed by atoms with Crippen molar-refractivity contribution < 1.29 is 23.5 Å². The first-order valence-electron chi connectivity index (χ1n) is 9.76. The number of carbonyl (C=O) groups excluding carboxylic acids is 3. The Morgan fingerprint density at radius 2 is 1.82 bits per heavy atom. The molecule has 2 aromatic carbocycles. The maximum absolute atomic E-state index is 14.6. The van der Waals surface area contributed by atoms with Crippen LogP contribution in [-0.4, -0.2) is 38.9 Å². The van der Waals surface area contributed by atoms with Gasteiger partial charge in [-0.3, -0.25) is 9.69 Å². The zero-order chi connectivity index (χ0) is 23.4. The number of imide groups is 1. The van der Waals surface area contributed by atoms with Gasteiger partial charge in [-0.15, -0.1) is 0 Å². The molecule has 1 aromatic heterocycles. The van der Waals surface area contributed by atoms with Gasteiger partial charge in [0, 0.05) is 58.8 Å². The van der Waals surface area contributed by atoms with E-state index >= 15 is 0 Å². The molecule has 2 heterocycles. The molecule has 1 saturated heterocycles. The van der Waals surface area contributed by atoms with Crippen LogP contribution < -0.4 is 20.3 Å². The third-order valence-corrected chi connectivity index (χ3v) is 4.96. The van der Waals surface area contributed by atoms with Crippen molar-refractivity contribution >= 4 is 55.8 Å². The number of nitrogens with zero attached hydrogens (tertiary/aromatic N) is 3. The lowest BCUT2D eigenvalue weighted by Gasteiger charge is -2.18. The first kappa shape index (κ1) is 22.5. The fraction of sp³-hybridized carbons (Fsp3) is 0.0909.